The summed E-state index contributed by atoms with van der Waals surface area (Å²) >= 11 is 4.95. The summed E-state index contributed by atoms with van der Waals surface area (Å²) in [5, 5.41) is 6.18. The molecule has 0 aromatic heterocycles. The van der Waals surface area contributed by atoms with Crippen LogP contribution in [0, 0.1) is 5.82 Å². The summed E-state index contributed by atoms with van der Waals surface area (Å²) < 4.78 is 12.7. The van der Waals surface area contributed by atoms with Crippen molar-refractivity contribution in [1.82, 2.24) is 5.32 Å². The van der Waals surface area contributed by atoms with Crippen LogP contribution in [-0.2, 0) is 0 Å². The van der Waals surface area contributed by atoms with Crippen LogP contribution in [-0.4, -0.2) is 11.7 Å². The van der Waals surface area contributed by atoms with Gasteiger partial charge in [-0.15, -0.1) is 6.58 Å². The van der Waals surface area contributed by atoms with Gasteiger partial charge in [0.1, 0.15) is 5.82 Å². The van der Waals surface area contributed by atoms with Crippen molar-refractivity contribution < 1.29 is 4.39 Å². The zero-order valence-electron chi connectivity index (χ0n) is 7.59. The third kappa shape index (κ3) is 3.53. The molecule has 0 spiro atoms. The zero-order chi connectivity index (χ0) is 10.4. The Morgan fingerprint density at radius 3 is 3.00 bits per heavy atom. The minimum Gasteiger partial charge on any atom is -0.359 e. The molecule has 4 heteroatoms. The van der Waals surface area contributed by atoms with E-state index in [1.165, 1.54) is 12.1 Å². The second-order valence-corrected chi connectivity index (χ2v) is 3.04. The standard InChI is InChI=1S/C10H11FN2S/c1-2-6-12-10(14)13-9-5-3-4-8(11)7-9/h2-5,7H,1,6H2,(H2,12,13,14). The fraction of sp³-hybridized carbons (Fsp3) is 0.100. The zero-order valence-corrected chi connectivity index (χ0v) is 8.40. The summed E-state index contributed by atoms with van der Waals surface area (Å²) in [4.78, 5) is 0. The highest BCUT2D eigenvalue weighted by Crippen LogP contribution is 2.08. The fourth-order valence-electron chi connectivity index (χ4n) is 0.906. The fourth-order valence-corrected chi connectivity index (χ4v) is 1.11. The predicted molar refractivity (Wildman–Crippen MR) is 60.8 cm³/mol. The molecule has 1 rings (SSSR count). The van der Waals surface area contributed by atoms with Crippen LogP contribution in [0.2, 0.25) is 0 Å². The topological polar surface area (TPSA) is 24.1 Å². The second-order valence-electron chi connectivity index (χ2n) is 2.63. The van der Waals surface area contributed by atoms with E-state index < -0.39 is 0 Å². The normalized spacial score (nSPS) is 9.21. The molecule has 0 fully saturated rings. The number of thiocarbonyl (C=S) groups is 1. The van der Waals surface area contributed by atoms with Gasteiger partial charge in [0, 0.05) is 12.2 Å². The molecule has 2 N–H and O–H groups in total. The quantitative estimate of drug-likeness (QED) is 0.591. The number of nitrogens with one attached hydrogen (secondary N) is 2. The predicted octanol–water partition coefficient (Wildman–Crippen LogP) is 2.30. The maximum atomic E-state index is 12.7. The largest absolute Gasteiger partial charge is 0.359 e. The van der Waals surface area contributed by atoms with E-state index in [1.807, 2.05) is 0 Å². The monoisotopic (exact) mass is 210 g/mol. The van der Waals surface area contributed by atoms with E-state index in [0.717, 1.165) is 0 Å². The molecule has 14 heavy (non-hydrogen) atoms. The van der Waals surface area contributed by atoms with Gasteiger partial charge in [0.05, 0.1) is 0 Å². The Labute approximate surface area is 87.8 Å². The lowest BCUT2D eigenvalue weighted by molar-refractivity contribution is 0.628. The molecule has 0 unspecified atom stereocenters. The van der Waals surface area contributed by atoms with Crippen molar-refractivity contribution in [3.05, 3.63) is 42.7 Å². The first-order valence-corrected chi connectivity index (χ1v) is 4.54. The van der Waals surface area contributed by atoms with E-state index in [2.05, 4.69) is 17.2 Å². The van der Waals surface area contributed by atoms with Crippen molar-refractivity contribution >= 4 is 23.0 Å². The van der Waals surface area contributed by atoms with Crippen molar-refractivity contribution in [3.63, 3.8) is 0 Å². The Kier molecular flexibility index (Phi) is 4.07. The molecule has 0 aliphatic rings. The molecule has 0 saturated heterocycles. The number of benzene rings is 1. The van der Waals surface area contributed by atoms with Gasteiger partial charge in [-0.05, 0) is 30.4 Å². The van der Waals surface area contributed by atoms with Crippen LogP contribution in [0.1, 0.15) is 0 Å². The lowest BCUT2D eigenvalue weighted by atomic mass is 10.3. The van der Waals surface area contributed by atoms with Crippen LogP contribution in [0.5, 0.6) is 0 Å². The third-order valence-electron chi connectivity index (χ3n) is 1.49. The van der Waals surface area contributed by atoms with E-state index in [1.54, 1.807) is 18.2 Å². The Hall–Kier alpha value is -1.42. The van der Waals surface area contributed by atoms with Crippen molar-refractivity contribution in [2.45, 2.75) is 0 Å². The van der Waals surface area contributed by atoms with Crippen LogP contribution < -0.4 is 10.6 Å². The molecular weight excluding hydrogens is 199 g/mol. The van der Waals surface area contributed by atoms with Crippen molar-refractivity contribution in [2.24, 2.45) is 0 Å². The first-order valence-electron chi connectivity index (χ1n) is 4.13. The van der Waals surface area contributed by atoms with E-state index in [4.69, 9.17) is 12.2 Å². The minimum absolute atomic E-state index is 0.290. The molecule has 0 aliphatic heterocycles. The number of hydrogen-bond donors (Lipinski definition) is 2. The summed E-state index contributed by atoms with van der Waals surface area (Å²) in [5.74, 6) is -0.290. The molecule has 1 aromatic carbocycles. The van der Waals surface area contributed by atoms with Crippen LogP contribution in [0.15, 0.2) is 36.9 Å². The summed E-state index contributed by atoms with van der Waals surface area (Å²) in [6.07, 6.45) is 1.69. The van der Waals surface area contributed by atoms with Gasteiger partial charge in [0.25, 0.3) is 0 Å². The van der Waals surface area contributed by atoms with E-state index in [9.17, 15) is 4.39 Å². The van der Waals surface area contributed by atoms with E-state index in [-0.39, 0.29) is 5.82 Å². The first kappa shape index (κ1) is 10.7. The van der Waals surface area contributed by atoms with Gasteiger partial charge in [-0.25, -0.2) is 4.39 Å². The molecule has 0 bridgehead atoms. The van der Waals surface area contributed by atoms with Crippen LogP contribution >= 0.6 is 12.2 Å². The molecule has 74 valence electrons. The van der Waals surface area contributed by atoms with Crippen LogP contribution in [0.4, 0.5) is 10.1 Å². The number of hydrogen-bond acceptors (Lipinski definition) is 1. The first-order chi connectivity index (χ1) is 6.72. The average molecular weight is 210 g/mol. The molecule has 0 aliphatic carbocycles. The van der Waals surface area contributed by atoms with Gasteiger partial charge in [0.15, 0.2) is 5.11 Å². The van der Waals surface area contributed by atoms with E-state index >= 15 is 0 Å². The molecule has 0 heterocycles. The second kappa shape index (κ2) is 5.34. The minimum atomic E-state index is -0.290. The number of anilines is 1. The molecule has 0 saturated carbocycles. The Morgan fingerprint density at radius 2 is 2.36 bits per heavy atom. The summed E-state index contributed by atoms with van der Waals surface area (Å²) in [6.45, 7) is 4.13. The summed E-state index contributed by atoms with van der Waals surface area (Å²) in [7, 11) is 0. The van der Waals surface area contributed by atoms with Gasteiger partial charge in [-0.2, -0.15) is 0 Å². The Bertz CT molecular complexity index is 339. The molecule has 0 radical (unpaired) electrons. The maximum absolute atomic E-state index is 12.7. The van der Waals surface area contributed by atoms with Crippen molar-refractivity contribution in [1.29, 1.82) is 0 Å². The molecule has 1 aromatic rings. The maximum Gasteiger partial charge on any atom is 0.171 e. The van der Waals surface area contributed by atoms with E-state index in [0.29, 0.717) is 17.3 Å². The Balaban J connectivity index is 2.51. The van der Waals surface area contributed by atoms with Crippen LogP contribution in [0.25, 0.3) is 0 Å². The molecular formula is C10H11FN2S. The SMILES string of the molecule is C=CCNC(=S)Nc1cccc(F)c1. The lowest BCUT2D eigenvalue weighted by Gasteiger charge is -2.08. The third-order valence-corrected chi connectivity index (χ3v) is 1.74. The highest BCUT2D eigenvalue weighted by molar-refractivity contribution is 7.80. The summed E-state index contributed by atoms with van der Waals surface area (Å²) in [5.41, 5.74) is 0.631. The Morgan fingerprint density at radius 1 is 1.57 bits per heavy atom. The van der Waals surface area contributed by atoms with Crippen molar-refractivity contribution in [2.75, 3.05) is 11.9 Å². The van der Waals surface area contributed by atoms with Crippen molar-refractivity contribution in [3.8, 4) is 0 Å². The van der Waals surface area contributed by atoms with Crippen LogP contribution in [0.3, 0.4) is 0 Å². The highest BCUT2D eigenvalue weighted by Gasteiger charge is 1.96. The van der Waals surface area contributed by atoms with Gasteiger partial charge >= 0.3 is 0 Å². The lowest BCUT2D eigenvalue weighted by Crippen LogP contribution is -2.28. The molecule has 2 nitrogen and oxygen atoms in total. The number of rotatable bonds is 3. The van der Waals surface area contributed by atoms with Gasteiger partial charge in [-0.1, -0.05) is 12.1 Å². The average Bonchev–Trinajstić information content (AvgIpc) is 2.15. The van der Waals surface area contributed by atoms with Gasteiger partial charge in [-0.3, -0.25) is 0 Å². The van der Waals surface area contributed by atoms with Gasteiger partial charge in [0.2, 0.25) is 0 Å². The number of halogens is 1. The smallest absolute Gasteiger partial charge is 0.171 e. The summed E-state index contributed by atoms with van der Waals surface area (Å²) in [6, 6.07) is 6.12. The molecule has 0 amide bonds. The molecule has 0 atom stereocenters. The highest BCUT2D eigenvalue weighted by atomic mass is 32.1. The van der Waals surface area contributed by atoms with Gasteiger partial charge < -0.3 is 10.6 Å².